The highest BCUT2D eigenvalue weighted by atomic mass is 16.5. The Balaban J connectivity index is 3.07. The quantitative estimate of drug-likeness (QED) is 0.558. The summed E-state index contributed by atoms with van der Waals surface area (Å²) in [4.78, 5) is 14.7. The second-order valence-corrected chi connectivity index (χ2v) is 4.11. The number of nitrogens with zero attached hydrogens (tertiary/aromatic N) is 4. The van der Waals surface area contributed by atoms with Gasteiger partial charge < -0.3 is 9.64 Å². The minimum Gasteiger partial charge on any atom is -0.464 e. The normalized spacial score (nSPS) is 10.6. The topological polar surface area (TPSA) is 89.2 Å². The number of nitrogens with two attached hydrogens (primary N) is 1. The second kappa shape index (κ2) is 6.95. The van der Waals surface area contributed by atoms with E-state index in [1.807, 2.05) is 6.92 Å². The summed E-state index contributed by atoms with van der Waals surface area (Å²) in [6, 6.07) is 0.588. The van der Waals surface area contributed by atoms with Gasteiger partial charge in [0.25, 0.3) is 0 Å². The smallest absolute Gasteiger partial charge is 0.323 e. The zero-order valence-electron chi connectivity index (χ0n) is 11.5. The van der Waals surface area contributed by atoms with E-state index in [1.54, 1.807) is 0 Å². The van der Waals surface area contributed by atoms with E-state index in [-0.39, 0.29) is 6.01 Å². The Morgan fingerprint density at radius 3 is 2.50 bits per heavy atom. The van der Waals surface area contributed by atoms with Gasteiger partial charge in [-0.05, 0) is 27.2 Å². The maximum atomic E-state index is 5.36. The Bertz CT molecular complexity index is 371. The summed E-state index contributed by atoms with van der Waals surface area (Å²) < 4.78 is 5.31. The van der Waals surface area contributed by atoms with E-state index >= 15 is 0 Å². The Hall–Kier alpha value is -1.63. The van der Waals surface area contributed by atoms with Crippen LogP contribution in [0, 0.1) is 0 Å². The number of hydrogen-bond donors (Lipinski definition) is 2. The fraction of sp³-hybridized carbons (Fsp3) is 0.727. The molecule has 1 rings (SSSR count). The summed E-state index contributed by atoms with van der Waals surface area (Å²) in [5.41, 5.74) is 2.43. The lowest BCUT2D eigenvalue weighted by atomic mass is 10.3. The van der Waals surface area contributed by atoms with Crippen molar-refractivity contribution in [1.29, 1.82) is 0 Å². The van der Waals surface area contributed by atoms with Crippen LogP contribution in [-0.2, 0) is 0 Å². The van der Waals surface area contributed by atoms with Crippen LogP contribution < -0.4 is 20.9 Å². The minimum absolute atomic E-state index is 0.289. The third-order valence-corrected chi connectivity index (χ3v) is 2.35. The lowest BCUT2D eigenvalue weighted by Crippen LogP contribution is -2.33. The number of hydrogen-bond acceptors (Lipinski definition) is 7. The molecule has 102 valence electrons. The first-order valence-corrected chi connectivity index (χ1v) is 6.24. The number of ether oxygens (including phenoxy) is 1. The number of hydrazine groups is 1. The average Bonchev–Trinajstić information content (AvgIpc) is 2.35. The molecule has 0 unspecified atom stereocenters. The molecule has 1 aromatic heterocycles. The van der Waals surface area contributed by atoms with Gasteiger partial charge in [0, 0.05) is 12.6 Å². The van der Waals surface area contributed by atoms with Gasteiger partial charge in [-0.1, -0.05) is 6.92 Å². The molecule has 0 aromatic carbocycles. The second-order valence-electron chi connectivity index (χ2n) is 4.11. The number of anilines is 2. The van der Waals surface area contributed by atoms with E-state index in [9.17, 15) is 0 Å². The maximum absolute atomic E-state index is 5.36. The molecule has 18 heavy (non-hydrogen) atoms. The SMILES string of the molecule is CCCN(c1nc(NN)nc(OCC)n1)C(C)C. The monoisotopic (exact) mass is 254 g/mol. The fourth-order valence-corrected chi connectivity index (χ4v) is 1.56. The van der Waals surface area contributed by atoms with Gasteiger partial charge in [0.05, 0.1) is 6.61 Å². The van der Waals surface area contributed by atoms with Crippen molar-refractivity contribution in [2.45, 2.75) is 40.2 Å². The summed E-state index contributed by atoms with van der Waals surface area (Å²) in [6.45, 7) is 9.55. The molecule has 0 saturated carbocycles. The molecule has 7 nitrogen and oxygen atoms in total. The van der Waals surface area contributed by atoms with Crippen molar-refractivity contribution < 1.29 is 4.74 Å². The summed E-state index contributed by atoms with van der Waals surface area (Å²) >= 11 is 0. The van der Waals surface area contributed by atoms with Crippen LogP contribution in [0.15, 0.2) is 0 Å². The molecule has 0 saturated heterocycles. The molecule has 0 amide bonds. The van der Waals surface area contributed by atoms with Gasteiger partial charge in [-0.3, -0.25) is 5.43 Å². The van der Waals surface area contributed by atoms with Gasteiger partial charge in [0.2, 0.25) is 11.9 Å². The van der Waals surface area contributed by atoms with Crippen LogP contribution in [0.5, 0.6) is 6.01 Å². The summed E-state index contributed by atoms with van der Waals surface area (Å²) in [6.07, 6.45) is 1.01. The predicted octanol–water partition coefficient (Wildman–Crippen LogP) is 1.18. The molecular weight excluding hydrogens is 232 g/mol. The van der Waals surface area contributed by atoms with Crippen LogP contribution in [0.1, 0.15) is 34.1 Å². The first kappa shape index (κ1) is 14.4. The third-order valence-electron chi connectivity index (χ3n) is 2.35. The molecule has 0 fully saturated rings. The van der Waals surface area contributed by atoms with Crippen LogP contribution in [-0.4, -0.2) is 34.1 Å². The molecule has 0 radical (unpaired) electrons. The van der Waals surface area contributed by atoms with Gasteiger partial charge in [-0.25, -0.2) is 5.84 Å². The van der Waals surface area contributed by atoms with Gasteiger partial charge in [0.1, 0.15) is 0 Å². The molecule has 0 atom stereocenters. The Kier molecular flexibility index (Phi) is 5.57. The molecular formula is C11H22N6O. The van der Waals surface area contributed by atoms with Gasteiger partial charge in [0.15, 0.2) is 0 Å². The van der Waals surface area contributed by atoms with E-state index in [4.69, 9.17) is 10.6 Å². The third kappa shape index (κ3) is 3.69. The summed E-state index contributed by atoms with van der Waals surface area (Å²) in [5.74, 6) is 6.25. The van der Waals surface area contributed by atoms with Crippen molar-refractivity contribution in [3.63, 3.8) is 0 Å². The van der Waals surface area contributed by atoms with E-state index in [2.05, 4.69) is 46.0 Å². The van der Waals surface area contributed by atoms with Gasteiger partial charge in [-0.2, -0.15) is 15.0 Å². The summed E-state index contributed by atoms with van der Waals surface area (Å²) in [5, 5.41) is 0. The van der Waals surface area contributed by atoms with Crippen molar-refractivity contribution in [2.75, 3.05) is 23.5 Å². The van der Waals surface area contributed by atoms with Crippen LogP contribution in [0.4, 0.5) is 11.9 Å². The number of nitrogens with one attached hydrogen (secondary N) is 1. The highest BCUT2D eigenvalue weighted by Crippen LogP contribution is 2.17. The minimum atomic E-state index is 0.289. The molecule has 0 spiro atoms. The highest BCUT2D eigenvalue weighted by Gasteiger charge is 2.15. The fourth-order valence-electron chi connectivity index (χ4n) is 1.56. The zero-order valence-corrected chi connectivity index (χ0v) is 11.5. The Morgan fingerprint density at radius 1 is 1.28 bits per heavy atom. The maximum Gasteiger partial charge on any atom is 0.323 e. The molecule has 0 aliphatic heterocycles. The van der Waals surface area contributed by atoms with Gasteiger partial charge in [-0.15, -0.1) is 0 Å². The average molecular weight is 254 g/mol. The van der Waals surface area contributed by atoms with Crippen LogP contribution in [0.2, 0.25) is 0 Å². The molecule has 0 aliphatic rings. The van der Waals surface area contributed by atoms with Crippen molar-refractivity contribution in [3.05, 3.63) is 0 Å². The Morgan fingerprint density at radius 2 is 2.00 bits per heavy atom. The van der Waals surface area contributed by atoms with E-state index in [0.29, 0.717) is 24.5 Å². The van der Waals surface area contributed by atoms with E-state index in [0.717, 1.165) is 13.0 Å². The zero-order chi connectivity index (χ0) is 13.5. The van der Waals surface area contributed by atoms with Crippen molar-refractivity contribution in [3.8, 4) is 6.01 Å². The highest BCUT2D eigenvalue weighted by molar-refractivity contribution is 5.38. The molecule has 1 heterocycles. The molecule has 3 N–H and O–H groups in total. The number of aromatic nitrogens is 3. The van der Waals surface area contributed by atoms with Gasteiger partial charge >= 0.3 is 6.01 Å². The van der Waals surface area contributed by atoms with Crippen LogP contribution in [0.3, 0.4) is 0 Å². The lowest BCUT2D eigenvalue weighted by Gasteiger charge is -2.26. The largest absolute Gasteiger partial charge is 0.464 e. The number of rotatable bonds is 7. The van der Waals surface area contributed by atoms with Crippen molar-refractivity contribution in [1.82, 2.24) is 15.0 Å². The number of nitrogen functional groups attached to an aromatic ring is 1. The molecule has 0 bridgehead atoms. The summed E-state index contributed by atoms with van der Waals surface area (Å²) in [7, 11) is 0. The molecule has 7 heteroatoms. The molecule has 0 aliphatic carbocycles. The van der Waals surface area contributed by atoms with E-state index in [1.165, 1.54) is 0 Å². The van der Waals surface area contributed by atoms with Crippen LogP contribution >= 0.6 is 0 Å². The standard InChI is InChI=1S/C11H22N6O/c1-5-7-17(8(3)4)10-13-9(16-12)14-11(15-10)18-6-2/h8H,5-7,12H2,1-4H3,(H,13,14,15,16). The lowest BCUT2D eigenvalue weighted by molar-refractivity contribution is 0.311. The van der Waals surface area contributed by atoms with Crippen molar-refractivity contribution in [2.24, 2.45) is 5.84 Å². The predicted molar refractivity (Wildman–Crippen MR) is 71.6 cm³/mol. The Labute approximate surface area is 108 Å². The van der Waals surface area contributed by atoms with Crippen LogP contribution in [0.25, 0.3) is 0 Å². The van der Waals surface area contributed by atoms with Crippen molar-refractivity contribution >= 4 is 11.9 Å². The first-order chi connectivity index (χ1) is 8.62. The first-order valence-electron chi connectivity index (χ1n) is 6.24. The van der Waals surface area contributed by atoms with E-state index < -0.39 is 0 Å². The molecule has 1 aromatic rings.